The first-order valence-corrected chi connectivity index (χ1v) is 6.87. The molecule has 100 valence electrons. The Balaban J connectivity index is 1.75. The summed E-state index contributed by atoms with van der Waals surface area (Å²) in [7, 11) is 0. The molecule has 1 heterocycles. The first-order valence-electron chi connectivity index (χ1n) is 6.87. The molecule has 0 aliphatic heterocycles. The van der Waals surface area contributed by atoms with Gasteiger partial charge < -0.3 is 16.0 Å². The summed E-state index contributed by atoms with van der Waals surface area (Å²) in [5.74, 6) is -0.0288. The molecule has 2 atom stereocenters. The standard InChI is InChI=1S/C15H19N3O/c16-12-3-1-2-4-13(12)18-15(19)11-6-5-10-7-8-17-14(10)9-11/h5-9,12-13,17H,1-4,16H2,(H,18,19)/t12-,13-/m1/s1. The van der Waals surface area contributed by atoms with E-state index in [0.29, 0.717) is 5.56 Å². The summed E-state index contributed by atoms with van der Waals surface area (Å²) in [5.41, 5.74) is 7.73. The summed E-state index contributed by atoms with van der Waals surface area (Å²) < 4.78 is 0. The van der Waals surface area contributed by atoms with Crippen molar-refractivity contribution in [3.63, 3.8) is 0 Å². The highest BCUT2D eigenvalue weighted by atomic mass is 16.1. The van der Waals surface area contributed by atoms with Gasteiger partial charge in [-0.1, -0.05) is 18.9 Å². The van der Waals surface area contributed by atoms with E-state index < -0.39 is 0 Å². The van der Waals surface area contributed by atoms with Crippen LogP contribution in [0.25, 0.3) is 10.9 Å². The van der Waals surface area contributed by atoms with Crippen molar-refractivity contribution < 1.29 is 4.79 Å². The lowest BCUT2D eigenvalue weighted by atomic mass is 9.91. The maximum absolute atomic E-state index is 12.2. The average Bonchev–Trinajstić information content (AvgIpc) is 2.88. The molecular formula is C15H19N3O. The number of carbonyl (C=O) groups excluding carboxylic acids is 1. The number of carbonyl (C=O) groups is 1. The Kier molecular flexibility index (Phi) is 3.25. The van der Waals surface area contributed by atoms with Gasteiger partial charge in [0, 0.05) is 29.4 Å². The lowest BCUT2D eigenvalue weighted by molar-refractivity contribution is 0.0921. The molecule has 1 aliphatic rings. The van der Waals surface area contributed by atoms with E-state index in [1.54, 1.807) is 0 Å². The normalized spacial score (nSPS) is 23.4. The van der Waals surface area contributed by atoms with Crippen molar-refractivity contribution in [2.24, 2.45) is 5.73 Å². The second-order valence-electron chi connectivity index (χ2n) is 5.31. The molecule has 1 aromatic carbocycles. The van der Waals surface area contributed by atoms with Crippen LogP contribution in [0.15, 0.2) is 30.5 Å². The predicted octanol–water partition coefficient (Wildman–Crippen LogP) is 2.17. The van der Waals surface area contributed by atoms with Gasteiger partial charge in [-0.25, -0.2) is 0 Å². The number of nitrogens with one attached hydrogen (secondary N) is 2. The van der Waals surface area contributed by atoms with Crippen LogP contribution in [0, 0.1) is 0 Å². The quantitative estimate of drug-likeness (QED) is 0.771. The van der Waals surface area contributed by atoms with Crippen molar-refractivity contribution in [2.75, 3.05) is 0 Å². The van der Waals surface area contributed by atoms with Crippen molar-refractivity contribution in [3.8, 4) is 0 Å². The fraction of sp³-hybridized carbons (Fsp3) is 0.400. The van der Waals surface area contributed by atoms with Crippen LogP contribution in [0.5, 0.6) is 0 Å². The highest BCUT2D eigenvalue weighted by molar-refractivity contribution is 5.98. The maximum atomic E-state index is 12.2. The van der Waals surface area contributed by atoms with Gasteiger partial charge in [-0.3, -0.25) is 4.79 Å². The molecule has 0 bridgehead atoms. The first kappa shape index (κ1) is 12.2. The third kappa shape index (κ3) is 2.49. The highest BCUT2D eigenvalue weighted by Gasteiger charge is 2.23. The predicted molar refractivity (Wildman–Crippen MR) is 76.0 cm³/mol. The van der Waals surface area contributed by atoms with E-state index >= 15 is 0 Å². The molecule has 4 nitrogen and oxygen atoms in total. The van der Waals surface area contributed by atoms with E-state index in [0.717, 1.165) is 30.2 Å². The smallest absolute Gasteiger partial charge is 0.251 e. The van der Waals surface area contributed by atoms with Gasteiger partial charge in [0.25, 0.3) is 5.91 Å². The van der Waals surface area contributed by atoms with Crippen LogP contribution in [0.3, 0.4) is 0 Å². The lowest BCUT2D eigenvalue weighted by Crippen LogP contribution is -2.49. The Morgan fingerprint density at radius 2 is 2.11 bits per heavy atom. The van der Waals surface area contributed by atoms with Crippen LogP contribution < -0.4 is 11.1 Å². The second kappa shape index (κ2) is 5.05. The molecule has 1 aromatic heterocycles. The molecule has 0 saturated heterocycles. The summed E-state index contributed by atoms with van der Waals surface area (Å²) in [6, 6.07) is 7.90. The van der Waals surface area contributed by atoms with E-state index in [1.807, 2.05) is 30.5 Å². The van der Waals surface area contributed by atoms with Crippen LogP contribution in [0.4, 0.5) is 0 Å². The van der Waals surface area contributed by atoms with E-state index in [1.165, 1.54) is 6.42 Å². The molecule has 0 spiro atoms. The minimum Gasteiger partial charge on any atom is -0.361 e. The van der Waals surface area contributed by atoms with E-state index in [2.05, 4.69) is 10.3 Å². The van der Waals surface area contributed by atoms with Crippen LogP contribution in [-0.4, -0.2) is 23.0 Å². The number of hydrogen-bond acceptors (Lipinski definition) is 2. The number of hydrogen-bond donors (Lipinski definition) is 3. The molecule has 4 heteroatoms. The fourth-order valence-electron chi connectivity index (χ4n) is 2.78. The number of amides is 1. The Morgan fingerprint density at radius 3 is 2.95 bits per heavy atom. The third-order valence-corrected chi connectivity index (χ3v) is 3.95. The summed E-state index contributed by atoms with van der Waals surface area (Å²) in [4.78, 5) is 15.4. The van der Waals surface area contributed by atoms with Gasteiger partial charge in [0.1, 0.15) is 0 Å². The van der Waals surface area contributed by atoms with E-state index in [9.17, 15) is 4.79 Å². The van der Waals surface area contributed by atoms with Gasteiger partial charge in [0.15, 0.2) is 0 Å². The van der Waals surface area contributed by atoms with Crippen LogP contribution in [-0.2, 0) is 0 Å². The number of aromatic nitrogens is 1. The Hall–Kier alpha value is -1.81. The van der Waals surface area contributed by atoms with Gasteiger partial charge in [0.05, 0.1) is 0 Å². The highest BCUT2D eigenvalue weighted by Crippen LogP contribution is 2.18. The zero-order valence-corrected chi connectivity index (χ0v) is 10.9. The Bertz CT molecular complexity index is 590. The number of nitrogens with two attached hydrogens (primary N) is 1. The molecular weight excluding hydrogens is 238 g/mol. The van der Waals surface area contributed by atoms with Crippen LogP contribution in [0.1, 0.15) is 36.0 Å². The van der Waals surface area contributed by atoms with Crippen molar-refractivity contribution in [3.05, 3.63) is 36.0 Å². The monoisotopic (exact) mass is 257 g/mol. The zero-order chi connectivity index (χ0) is 13.2. The Morgan fingerprint density at radius 1 is 1.26 bits per heavy atom. The molecule has 1 aliphatic carbocycles. The summed E-state index contributed by atoms with van der Waals surface area (Å²) in [6.45, 7) is 0. The maximum Gasteiger partial charge on any atom is 0.251 e. The zero-order valence-electron chi connectivity index (χ0n) is 10.9. The summed E-state index contributed by atoms with van der Waals surface area (Å²) in [5, 5.41) is 4.18. The van der Waals surface area contributed by atoms with Gasteiger partial charge in [-0.2, -0.15) is 0 Å². The van der Waals surface area contributed by atoms with Crippen molar-refractivity contribution >= 4 is 16.8 Å². The van der Waals surface area contributed by atoms with Gasteiger partial charge >= 0.3 is 0 Å². The van der Waals surface area contributed by atoms with Crippen molar-refractivity contribution in [1.82, 2.24) is 10.3 Å². The molecule has 2 aromatic rings. The second-order valence-corrected chi connectivity index (χ2v) is 5.31. The van der Waals surface area contributed by atoms with Crippen LogP contribution >= 0.6 is 0 Å². The van der Waals surface area contributed by atoms with Gasteiger partial charge in [-0.15, -0.1) is 0 Å². The molecule has 0 unspecified atom stereocenters. The molecule has 0 radical (unpaired) electrons. The third-order valence-electron chi connectivity index (χ3n) is 3.95. The molecule has 4 N–H and O–H groups in total. The van der Waals surface area contributed by atoms with E-state index in [-0.39, 0.29) is 18.0 Å². The molecule has 19 heavy (non-hydrogen) atoms. The van der Waals surface area contributed by atoms with Crippen molar-refractivity contribution in [2.45, 2.75) is 37.8 Å². The number of rotatable bonds is 2. The van der Waals surface area contributed by atoms with E-state index in [4.69, 9.17) is 5.73 Å². The number of aromatic amines is 1. The first-order chi connectivity index (χ1) is 9.24. The molecule has 1 fully saturated rings. The summed E-state index contributed by atoms with van der Waals surface area (Å²) in [6.07, 6.45) is 6.18. The SMILES string of the molecule is N[C@@H]1CCCC[C@H]1NC(=O)c1ccc2cc[nH]c2c1. The molecule has 3 rings (SSSR count). The number of H-pyrrole nitrogens is 1. The Labute approximate surface area is 112 Å². The minimum absolute atomic E-state index is 0.0288. The largest absolute Gasteiger partial charge is 0.361 e. The lowest BCUT2D eigenvalue weighted by Gasteiger charge is -2.29. The number of fused-ring (bicyclic) bond motifs is 1. The average molecular weight is 257 g/mol. The summed E-state index contributed by atoms with van der Waals surface area (Å²) >= 11 is 0. The molecule has 1 amide bonds. The van der Waals surface area contributed by atoms with Crippen LogP contribution in [0.2, 0.25) is 0 Å². The van der Waals surface area contributed by atoms with Crippen molar-refractivity contribution in [1.29, 1.82) is 0 Å². The van der Waals surface area contributed by atoms with Gasteiger partial charge in [0.2, 0.25) is 0 Å². The minimum atomic E-state index is -0.0288. The molecule has 1 saturated carbocycles. The number of benzene rings is 1. The fourth-order valence-corrected chi connectivity index (χ4v) is 2.78. The topological polar surface area (TPSA) is 70.9 Å². The van der Waals surface area contributed by atoms with Gasteiger partial charge in [-0.05, 0) is 36.4 Å².